The van der Waals surface area contributed by atoms with Gasteiger partial charge in [-0.2, -0.15) is 0 Å². The van der Waals surface area contributed by atoms with Gasteiger partial charge in [-0.1, -0.05) is 35.6 Å². The number of hydrogen-bond donors (Lipinski definition) is 1. The van der Waals surface area contributed by atoms with E-state index >= 15 is 0 Å². The van der Waals surface area contributed by atoms with E-state index < -0.39 is 0 Å². The summed E-state index contributed by atoms with van der Waals surface area (Å²) in [4.78, 5) is 11.0. The summed E-state index contributed by atoms with van der Waals surface area (Å²) in [7, 11) is 2.20. The highest BCUT2D eigenvalue weighted by Gasteiger charge is 2.16. The first-order valence-corrected chi connectivity index (χ1v) is 11.1. The Labute approximate surface area is 170 Å². The lowest BCUT2D eigenvalue weighted by molar-refractivity contribution is 0.153. The van der Waals surface area contributed by atoms with Crippen LogP contribution in [-0.4, -0.2) is 65.8 Å². The predicted octanol–water partition coefficient (Wildman–Crippen LogP) is 3.43. The largest absolute Gasteiger partial charge is 0.507 e. The van der Waals surface area contributed by atoms with Crippen LogP contribution in [0.15, 0.2) is 29.3 Å². The molecule has 150 valence electrons. The van der Waals surface area contributed by atoms with Gasteiger partial charge in [0.25, 0.3) is 0 Å². The topological polar surface area (TPSA) is 44.0 Å². The van der Waals surface area contributed by atoms with Crippen LogP contribution >= 0.6 is 11.3 Å². The number of aryl methyl sites for hydroxylation is 2. The highest BCUT2D eigenvalue weighted by atomic mass is 32.1. The number of phenolic OH excluding ortho intramolecular Hbond substituents is 1. The van der Waals surface area contributed by atoms with Gasteiger partial charge in [-0.05, 0) is 27.3 Å². The Morgan fingerprint density at radius 2 is 1.82 bits per heavy atom. The van der Waals surface area contributed by atoms with Crippen molar-refractivity contribution in [2.45, 2.75) is 26.8 Å². The SMILES string of the molecule is CCn1c(=NCCCN2CCN(C)CC2)sc2c(C)c(O)c3ccccc3c21. The van der Waals surface area contributed by atoms with E-state index in [0.717, 1.165) is 51.9 Å². The average Bonchev–Trinajstić information content (AvgIpc) is 3.09. The van der Waals surface area contributed by atoms with Crippen LogP contribution in [0.4, 0.5) is 0 Å². The molecule has 0 aliphatic carbocycles. The summed E-state index contributed by atoms with van der Waals surface area (Å²) in [6.45, 7) is 11.7. The van der Waals surface area contributed by atoms with Gasteiger partial charge in [0, 0.05) is 62.1 Å². The fourth-order valence-electron chi connectivity index (χ4n) is 4.09. The molecule has 1 saturated heterocycles. The molecular weight excluding hydrogens is 368 g/mol. The number of thiazole rings is 1. The third-order valence-electron chi connectivity index (χ3n) is 5.83. The van der Waals surface area contributed by atoms with Crippen molar-refractivity contribution in [3.05, 3.63) is 34.6 Å². The molecule has 1 N–H and O–H groups in total. The van der Waals surface area contributed by atoms with Gasteiger partial charge in [0.2, 0.25) is 0 Å². The molecule has 0 bridgehead atoms. The smallest absolute Gasteiger partial charge is 0.185 e. The minimum Gasteiger partial charge on any atom is -0.507 e. The highest BCUT2D eigenvalue weighted by Crippen LogP contribution is 2.37. The van der Waals surface area contributed by atoms with Crippen molar-refractivity contribution in [2.75, 3.05) is 46.3 Å². The van der Waals surface area contributed by atoms with Gasteiger partial charge in [-0.3, -0.25) is 4.99 Å². The average molecular weight is 399 g/mol. The normalized spacial score (nSPS) is 17.2. The molecule has 0 atom stereocenters. The molecule has 6 heteroatoms. The number of aromatic nitrogens is 1. The Morgan fingerprint density at radius 3 is 2.54 bits per heavy atom. The first kappa shape index (κ1) is 19.4. The van der Waals surface area contributed by atoms with E-state index in [2.05, 4.69) is 34.4 Å². The number of aromatic hydroxyl groups is 1. The van der Waals surface area contributed by atoms with Crippen molar-refractivity contribution in [3.8, 4) is 5.75 Å². The third kappa shape index (κ3) is 3.56. The van der Waals surface area contributed by atoms with E-state index in [1.54, 1.807) is 11.3 Å². The predicted molar refractivity (Wildman–Crippen MR) is 118 cm³/mol. The van der Waals surface area contributed by atoms with Crippen LogP contribution in [0.2, 0.25) is 0 Å². The van der Waals surface area contributed by atoms with Crippen molar-refractivity contribution >= 4 is 32.3 Å². The van der Waals surface area contributed by atoms with Gasteiger partial charge in [0.15, 0.2) is 4.80 Å². The minimum absolute atomic E-state index is 0.397. The summed E-state index contributed by atoms with van der Waals surface area (Å²) in [5, 5.41) is 12.7. The third-order valence-corrected chi connectivity index (χ3v) is 7.07. The van der Waals surface area contributed by atoms with Crippen LogP contribution in [0.1, 0.15) is 18.9 Å². The lowest BCUT2D eigenvalue weighted by Crippen LogP contribution is -2.44. The summed E-state index contributed by atoms with van der Waals surface area (Å²) in [6, 6.07) is 8.13. The Bertz CT molecular complexity index is 1040. The monoisotopic (exact) mass is 398 g/mol. The molecule has 0 amide bonds. The molecule has 3 aromatic rings. The molecule has 2 heterocycles. The Balaban J connectivity index is 1.63. The summed E-state index contributed by atoms with van der Waals surface area (Å²) < 4.78 is 3.46. The van der Waals surface area contributed by atoms with Crippen molar-refractivity contribution in [3.63, 3.8) is 0 Å². The van der Waals surface area contributed by atoms with E-state index in [0.29, 0.717) is 5.75 Å². The number of hydrogen-bond acceptors (Lipinski definition) is 5. The molecule has 5 nitrogen and oxygen atoms in total. The van der Waals surface area contributed by atoms with E-state index in [1.807, 2.05) is 25.1 Å². The van der Waals surface area contributed by atoms with E-state index in [4.69, 9.17) is 4.99 Å². The molecule has 1 aliphatic heterocycles. The molecule has 0 saturated carbocycles. The number of phenols is 1. The maximum absolute atomic E-state index is 10.7. The molecule has 1 fully saturated rings. The van der Waals surface area contributed by atoms with Crippen LogP contribution in [-0.2, 0) is 6.54 Å². The van der Waals surface area contributed by atoms with E-state index in [-0.39, 0.29) is 0 Å². The van der Waals surface area contributed by atoms with Crippen LogP contribution in [0, 0.1) is 6.92 Å². The van der Waals surface area contributed by atoms with Crippen molar-refractivity contribution in [1.29, 1.82) is 0 Å². The number of benzene rings is 2. The maximum Gasteiger partial charge on any atom is 0.185 e. The van der Waals surface area contributed by atoms with E-state index in [1.165, 1.54) is 31.7 Å². The Morgan fingerprint density at radius 1 is 1.11 bits per heavy atom. The molecule has 1 aromatic heterocycles. The second kappa shape index (κ2) is 8.23. The molecular formula is C22H30N4OS. The number of piperazine rings is 1. The summed E-state index contributed by atoms with van der Waals surface area (Å²) >= 11 is 1.71. The number of fused-ring (bicyclic) bond motifs is 3. The minimum atomic E-state index is 0.397. The van der Waals surface area contributed by atoms with Crippen molar-refractivity contribution in [2.24, 2.45) is 4.99 Å². The van der Waals surface area contributed by atoms with Gasteiger partial charge < -0.3 is 19.5 Å². The molecule has 28 heavy (non-hydrogen) atoms. The number of rotatable bonds is 5. The van der Waals surface area contributed by atoms with Crippen molar-refractivity contribution < 1.29 is 5.11 Å². The van der Waals surface area contributed by atoms with Gasteiger partial charge in [-0.25, -0.2) is 0 Å². The quantitative estimate of drug-likeness (QED) is 0.670. The summed E-state index contributed by atoms with van der Waals surface area (Å²) in [6.07, 6.45) is 1.09. The molecule has 0 radical (unpaired) electrons. The maximum atomic E-state index is 10.7. The first-order chi connectivity index (χ1) is 13.6. The lowest BCUT2D eigenvalue weighted by Gasteiger charge is -2.32. The Hall–Kier alpha value is -1.89. The lowest BCUT2D eigenvalue weighted by atomic mass is 10.0. The summed E-state index contributed by atoms with van der Waals surface area (Å²) in [5.74, 6) is 0.397. The summed E-state index contributed by atoms with van der Waals surface area (Å²) in [5.41, 5.74) is 2.16. The number of nitrogens with zero attached hydrogens (tertiary/aromatic N) is 4. The molecule has 0 unspecified atom stereocenters. The second-order valence-corrected chi connectivity index (χ2v) is 8.68. The zero-order chi connectivity index (χ0) is 19.7. The molecule has 1 aliphatic rings. The highest BCUT2D eigenvalue weighted by molar-refractivity contribution is 7.16. The first-order valence-electron chi connectivity index (χ1n) is 10.2. The van der Waals surface area contributed by atoms with Gasteiger partial charge >= 0.3 is 0 Å². The standard InChI is InChI=1S/C22H30N4OS/c1-4-26-19-17-8-5-6-9-18(17)20(27)16(2)21(19)28-22(26)23-10-7-11-25-14-12-24(3)13-15-25/h5-6,8-9,27H,4,7,10-15H2,1-3H3. The second-order valence-electron chi connectivity index (χ2n) is 7.71. The Kier molecular flexibility index (Phi) is 5.71. The fourth-order valence-corrected chi connectivity index (χ4v) is 5.33. The van der Waals surface area contributed by atoms with Gasteiger partial charge in [0.1, 0.15) is 5.75 Å². The van der Waals surface area contributed by atoms with E-state index in [9.17, 15) is 5.11 Å². The number of likely N-dealkylation sites (N-methyl/N-ethyl adjacent to an activating group) is 1. The van der Waals surface area contributed by atoms with Crippen LogP contribution in [0.5, 0.6) is 5.75 Å². The zero-order valence-electron chi connectivity index (χ0n) is 17.1. The van der Waals surface area contributed by atoms with Crippen LogP contribution < -0.4 is 4.80 Å². The zero-order valence-corrected chi connectivity index (χ0v) is 17.9. The van der Waals surface area contributed by atoms with Gasteiger partial charge in [0.05, 0.1) is 10.2 Å². The molecule has 2 aromatic carbocycles. The van der Waals surface area contributed by atoms with Crippen molar-refractivity contribution in [1.82, 2.24) is 14.4 Å². The molecule has 4 rings (SSSR count). The van der Waals surface area contributed by atoms with Gasteiger partial charge in [-0.15, -0.1) is 0 Å². The van der Waals surface area contributed by atoms with Crippen LogP contribution in [0.25, 0.3) is 21.0 Å². The fraction of sp³-hybridized carbons (Fsp3) is 0.500. The van der Waals surface area contributed by atoms with Crippen LogP contribution in [0.3, 0.4) is 0 Å². The molecule has 0 spiro atoms.